The summed E-state index contributed by atoms with van der Waals surface area (Å²) in [5.74, 6) is 1.80. The summed E-state index contributed by atoms with van der Waals surface area (Å²) in [6.45, 7) is 10.5. The Kier molecular flexibility index (Phi) is 7.87. The van der Waals surface area contributed by atoms with E-state index < -0.39 is 0 Å². The largest absolute Gasteiger partial charge is 0.357 e. The molecule has 2 heterocycles. The van der Waals surface area contributed by atoms with Crippen molar-refractivity contribution in [3.05, 3.63) is 30.1 Å². The van der Waals surface area contributed by atoms with Gasteiger partial charge in [0.2, 0.25) is 0 Å². The highest BCUT2D eigenvalue weighted by Crippen LogP contribution is 2.15. The number of nitrogens with zero attached hydrogens (tertiary/aromatic N) is 3. The lowest BCUT2D eigenvalue weighted by molar-refractivity contribution is 0.197. The molecule has 128 valence electrons. The highest BCUT2D eigenvalue weighted by Gasteiger charge is 2.14. The minimum atomic E-state index is 0.851. The molecule has 2 rings (SSSR count). The molecule has 0 radical (unpaired) electrons. The number of hydrogen-bond donors (Lipinski definition) is 2. The quantitative estimate of drug-likeness (QED) is 0.596. The van der Waals surface area contributed by atoms with E-state index in [9.17, 15) is 0 Å². The SMILES string of the molecule is CCNC(=NCCN1CCC(C)CC1)NCCc1ccccn1. The van der Waals surface area contributed by atoms with Crippen molar-refractivity contribution in [2.24, 2.45) is 10.9 Å². The number of aromatic nitrogens is 1. The van der Waals surface area contributed by atoms with Crippen LogP contribution in [-0.2, 0) is 6.42 Å². The van der Waals surface area contributed by atoms with Crippen LogP contribution in [0.2, 0.25) is 0 Å². The predicted octanol–water partition coefficient (Wildman–Crippen LogP) is 1.91. The highest BCUT2D eigenvalue weighted by molar-refractivity contribution is 5.79. The van der Waals surface area contributed by atoms with Crippen LogP contribution in [0, 0.1) is 5.92 Å². The third kappa shape index (κ3) is 6.99. The number of hydrogen-bond acceptors (Lipinski definition) is 3. The summed E-state index contributed by atoms with van der Waals surface area (Å²) in [6, 6.07) is 6.04. The van der Waals surface area contributed by atoms with Gasteiger partial charge in [0.15, 0.2) is 5.96 Å². The van der Waals surface area contributed by atoms with Crippen LogP contribution in [0.4, 0.5) is 0 Å². The number of piperidine rings is 1. The van der Waals surface area contributed by atoms with E-state index in [1.807, 2.05) is 18.3 Å². The van der Waals surface area contributed by atoms with Gasteiger partial charge in [0.25, 0.3) is 0 Å². The van der Waals surface area contributed by atoms with E-state index in [-0.39, 0.29) is 0 Å². The van der Waals surface area contributed by atoms with Crippen molar-refractivity contribution in [3.8, 4) is 0 Å². The standard InChI is InChI=1S/C18H31N5/c1-3-19-18(21-11-7-17-6-4-5-10-20-17)22-12-15-23-13-8-16(2)9-14-23/h4-6,10,16H,3,7-9,11-15H2,1-2H3,(H2,19,21,22). The molecule has 0 aromatic carbocycles. The van der Waals surface area contributed by atoms with E-state index in [0.29, 0.717) is 0 Å². The number of likely N-dealkylation sites (tertiary alicyclic amines) is 1. The van der Waals surface area contributed by atoms with Gasteiger partial charge in [-0.15, -0.1) is 0 Å². The van der Waals surface area contributed by atoms with Gasteiger partial charge in [-0.05, 0) is 50.9 Å². The van der Waals surface area contributed by atoms with Gasteiger partial charge in [-0.25, -0.2) is 0 Å². The lowest BCUT2D eigenvalue weighted by atomic mass is 9.99. The number of aliphatic imine (C=N–C) groups is 1. The molecule has 5 nitrogen and oxygen atoms in total. The molecule has 1 aromatic heterocycles. The Morgan fingerprint density at radius 1 is 1.30 bits per heavy atom. The first-order chi connectivity index (χ1) is 11.3. The highest BCUT2D eigenvalue weighted by atomic mass is 15.2. The van der Waals surface area contributed by atoms with Crippen molar-refractivity contribution in [1.29, 1.82) is 0 Å². The third-order valence-electron chi connectivity index (χ3n) is 4.31. The summed E-state index contributed by atoms with van der Waals surface area (Å²) >= 11 is 0. The van der Waals surface area contributed by atoms with Crippen molar-refractivity contribution < 1.29 is 0 Å². The maximum Gasteiger partial charge on any atom is 0.191 e. The van der Waals surface area contributed by atoms with Gasteiger partial charge in [0.05, 0.1) is 6.54 Å². The van der Waals surface area contributed by atoms with E-state index in [1.165, 1.54) is 25.9 Å². The second kappa shape index (κ2) is 10.2. The first kappa shape index (κ1) is 17.7. The second-order valence-corrected chi connectivity index (χ2v) is 6.28. The van der Waals surface area contributed by atoms with Crippen LogP contribution in [0.5, 0.6) is 0 Å². The number of nitrogens with one attached hydrogen (secondary N) is 2. The Morgan fingerprint density at radius 2 is 2.13 bits per heavy atom. The zero-order chi connectivity index (χ0) is 16.3. The minimum absolute atomic E-state index is 0.851. The average Bonchev–Trinajstić information content (AvgIpc) is 2.58. The van der Waals surface area contributed by atoms with Crippen LogP contribution >= 0.6 is 0 Å². The average molecular weight is 317 g/mol. The minimum Gasteiger partial charge on any atom is -0.357 e. The first-order valence-electron chi connectivity index (χ1n) is 8.92. The molecule has 1 aromatic rings. The van der Waals surface area contributed by atoms with Gasteiger partial charge in [-0.3, -0.25) is 9.98 Å². The molecule has 23 heavy (non-hydrogen) atoms. The monoisotopic (exact) mass is 317 g/mol. The number of pyridine rings is 1. The lowest BCUT2D eigenvalue weighted by Gasteiger charge is -2.29. The van der Waals surface area contributed by atoms with Crippen LogP contribution in [0.3, 0.4) is 0 Å². The molecule has 2 N–H and O–H groups in total. The molecule has 1 saturated heterocycles. The molecule has 0 unspecified atom stereocenters. The zero-order valence-corrected chi connectivity index (χ0v) is 14.6. The van der Waals surface area contributed by atoms with E-state index >= 15 is 0 Å². The Bertz CT molecular complexity index is 452. The summed E-state index contributed by atoms with van der Waals surface area (Å²) in [4.78, 5) is 11.6. The number of guanidine groups is 1. The molecular weight excluding hydrogens is 286 g/mol. The molecule has 0 aliphatic carbocycles. The summed E-state index contributed by atoms with van der Waals surface area (Å²) in [6.07, 6.45) is 5.40. The zero-order valence-electron chi connectivity index (χ0n) is 14.6. The second-order valence-electron chi connectivity index (χ2n) is 6.28. The van der Waals surface area contributed by atoms with E-state index in [1.54, 1.807) is 0 Å². The third-order valence-corrected chi connectivity index (χ3v) is 4.31. The normalized spacial score (nSPS) is 17.2. The molecule has 1 fully saturated rings. The van der Waals surface area contributed by atoms with Crippen LogP contribution in [0.15, 0.2) is 29.4 Å². The van der Waals surface area contributed by atoms with E-state index in [0.717, 1.165) is 50.2 Å². The molecule has 0 spiro atoms. The summed E-state index contributed by atoms with van der Waals surface area (Å²) in [5.41, 5.74) is 1.11. The van der Waals surface area contributed by atoms with Gasteiger partial charge >= 0.3 is 0 Å². The first-order valence-corrected chi connectivity index (χ1v) is 8.92. The summed E-state index contributed by atoms with van der Waals surface area (Å²) in [7, 11) is 0. The van der Waals surface area contributed by atoms with Gasteiger partial charge in [0, 0.05) is 37.9 Å². The van der Waals surface area contributed by atoms with Crippen molar-refractivity contribution in [2.45, 2.75) is 33.1 Å². The topological polar surface area (TPSA) is 52.6 Å². The summed E-state index contributed by atoms with van der Waals surface area (Å²) < 4.78 is 0. The number of rotatable bonds is 7. The predicted molar refractivity (Wildman–Crippen MR) is 96.8 cm³/mol. The molecule has 5 heteroatoms. The summed E-state index contributed by atoms with van der Waals surface area (Å²) in [5, 5.41) is 6.71. The molecule has 0 atom stereocenters. The van der Waals surface area contributed by atoms with Gasteiger partial charge < -0.3 is 15.5 Å². The molecule has 1 aliphatic heterocycles. The molecule has 1 aliphatic rings. The smallest absolute Gasteiger partial charge is 0.191 e. The fourth-order valence-corrected chi connectivity index (χ4v) is 2.79. The van der Waals surface area contributed by atoms with Gasteiger partial charge in [-0.2, -0.15) is 0 Å². The maximum atomic E-state index is 4.69. The maximum absolute atomic E-state index is 4.69. The van der Waals surface area contributed by atoms with Gasteiger partial charge in [-0.1, -0.05) is 13.0 Å². The van der Waals surface area contributed by atoms with Crippen molar-refractivity contribution in [3.63, 3.8) is 0 Å². The van der Waals surface area contributed by atoms with Crippen LogP contribution in [0.25, 0.3) is 0 Å². The van der Waals surface area contributed by atoms with Crippen molar-refractivity contribution in [1.82, 2.24) is 20.5 Å². The molecule has 0 amide bonds. The van der Waals surface area contributed by atoms with E-state index in [2.05, 4.69) is 40.4 Å². The molecular formula is C18H31N5. The Balaban J connectivity index is 1.69. The Morgan fingerprint density at radius 3 is 2.83 bits per heavy atom. The fraction of sp³-hybridized carbons (Fsp3) is 0.667. The van der Waals surface area contributed by atoms with Crippen LogP contribution < -0.4 is 10.6 Å². The fourth-order valence-electron chi connectivity index (χ4n) is 2.79. The van der Waals surface area contributed by atoms with Crippen molar-refractivity contribution in [2.75, 3.05) is 39.3 Å². The Hall–Kier alpha value is -1.62. The van der Waals surface area contributed by atoms with Crippen LogP contribution in [0.1, 0.15) is 32.4 Å². The van der Waals surface area contributed by atoms with Gasteiger partial charge in [0.1, 0.15) is 0 Å². The Labute approximate surface area is 140 Å². The lowest BCUT2D eigenvalue weighted by Crippen LogP contribution is -2.39. The van der Waals surface area contributed by atoms with Crippen molar-refractivity contribution >= 4 is 5.96 Å². The van der Waals surface area contributed by atoms with Crippen LogP contribution in [-0.4, -0.2) is 55.1 Å². The molecule has 0 bridgehead atoms. The molecule has 0 saturated carbocycles. The van der Waals surface area contributed by atoms with E-state index in [4.69, 9.17) is 4.99 Å².